The first-order chi connectivity index (χ1) is 11.7. The number of nitrogens with one attached hydrogen (secondary N) is 2. The van der Waals surface area contributed by atoms with Gasteiger partial charge in [-0.3, -0.25) is 5.10 Å². The number of rotatable bonds is 7. The number of hydrogen-bond acceptors (Lipinski definition) is 7. The average Bonchev–Trinajstić information content (AvgIpc) is 3.25. The van der Waals surface area contributed by atoms with Crippen molar-refractivity contribution < 1.29 is 9.84 Å². The molecule has 8 nitrogen and oxygen atoms in total. The standard InChI is InChI=1S/C16H24N6O2/c1-11-13(8-18-21-11)9-22(2)15-7-14(12-3-6-24-10-12)19-16(20-15)17-4-5-23/h7-8,12,23H,3-6,9-10H2,1-2H3,(H,18,21)(H,17,19,20). The SMILES string of the molecule is Cc1[nH]ncc1CN(C)c1cc(C2CCOC2)nc(NCCO)n1. The van der Waals surface area contributed by atoms with Crippen molar-refractivity contribution in [2.45, 2.75) is 25.8 Å². The van der Waals surface area contributed by atoms with Crippen LogP contribution in [0.25, 0.3) is 0 Å². The molecule has 1 atom stereocenters. The summed E-state index contributed by atoms with van der Waals surface area (Å²) in [4.78, 5) is 11.2. The number of nitrogens with zero attached hydrogens (tertiary/aromatic N) is 4. The maximum atomic E-state index is 9.03. The van der Waals surface area contributed by atoms with Crippen LogP contribution in [0.4, 0.5) is 11.8 Å². The minimum atomic E-state index is 0.0412. The fourth-order valence-electron chi connectivity index (χ4n) is 2.74. The van der Waals surface area contributed by atoms with Gasteiger partial charge in [0, 0.05) is 50.0 Å². The van der Waals surface area contributed by atoms with Gasteiger partial charge in [-0.05, 0) is 13.3 Å². The Hall–Kier alpha value is -2.19. The number of aryl methyl sites for hydroxylation is 1. The van der Waals surface area contributed by atoms with Crippen molar-refractivity contribution in [1.29, 1.82) is 0 Å². The first-order valence-corrected chi connectivity index (χ1v) is 8.19. The predicted octanol–water partition coefficient (Wildman–Crippen LogP) is 1.05. The summed E-state index contributed by atoms with van der Waals surface area (Å²) in [6.45, 7) is 4.65. The largest absolute Gasteiger partial charge is 0.395 e. The van der Waals surface area contributed by atoms with Gasteiger partial charge < -0.3 is 20.1 Å². The monoisotopic (exact) mass is 332 g/mol. The Bertz CT molecular complexity index is 668. The summed E-state index contributed by atoms with van der Waals surface area (Å²) >= 11 is 0. The van der Waals surface area contributed by atoms with Gasteiger partial charge in [-0.25, -0.2) is 4.98 Å². The molecule has 1 fully saturated rings. The number of aliphatic hydroxyl groups is 1. The zero-order valence-electron chi connectivity index (χ0n) is 14.1. The van der Waals surface area contributed by atoms with E-state index < -0.39 is 0 Å². The van der Waals surface area contributed by atoms with Gasteiger partial charge >= 0.3 is 0 Å². The van der Waals surface area contributed by atoms with Crippen LogP contribution in [0.15, 0.2) is 12.3 Å². The Kier molecular flexibility index (Phi) is 5.27. The van der Waals surface area contributed by atoms with Crippen LogP contribution in [0.3, 0.4) is 0 Å². The van der Waals surface area contributed by atoms with Crippen LogP contribution < -0.4 is 10.2 Å². The molecule has 0 bridgehead atoms. The molecule has 0 spiro atoms. The predicted molar refractivity (Wildman–Crippen MR) is 91.2 cm³/mol. The summed E-state index contributed by atoms with van der Waals surface area (Å²) in [5.74, 6) is 1.68. The fourth-order valence-corrected chi connectivity index (χ4v) is 2.74. The normalized spacial score (nSPS) is 17.2. The van der Waals surface area contributed by atoms with Crippen molar-refractivity contribution in [3.63, 3.8) is 0 Å². The van der Waals surface area contributed by atoms with E-state index in [1.54, 1.807) is 0 Å². The lowest BCUT2D eigenvalue weighted by Crippen LogP contribution is -2.20. The number of hydrogen-bond donors (Lipinski definition) is 3. The van der Waals surface area contributed by atoms with Gasteiger partial charge in [0.25, 0.3) is 0 Å². The van der Waals surface area contributed by atoms with E-state index in [-0.39, 0.29) is 6.61 Å². The maximum Gasteiger partial charge on any atom is 0.224 e. The molecule has 0 aromatic carbocycles. The molecule has 3 N–H and O–H groups in total. The molecule has 3 rings (SSSR count). The molecule has 0 amide bonds. The van der Waals surface area contributed by atoms with E-state index in [9.17, 15) is 0 Å². The van der Waals surface area contributed by atoms with E-state index >= 15 is 0 Å². The summed E-state index contributed by atoms with van der Waals surface area (Å²) in [5, 5.41) is 19.1. The molecule has 1 unspecified atom stereocenters. The lowest BCUT2D eigenvalue weighted by atomic mass is 10.0. The van der Waals surface area contributed by atoms with E-state index in [1.165, 1.54) is 0 Å². The molecule has 130 valence electrons. The topological polar surface area (TPSA) is 99.2 Å². The average molecular weight is 332 g/mol. The Labute approximate surface area is 141 Å². The highest BCUT2D eigenvalue weighted by Crippen LogP contribution is 2.27. The second kappa shape index (κ2) is 7.59. The number of anilines is 2. The van der Waals surface area contributed by atoms with Gasteiger partial charge in [-0.1, -0.05) is 0 Å². The molecule has 1 saturated heterocycles. The molecule has 0 saturated carbocycles. The van der Waals surface area contributed by atoms with Crippen LogP contribution in [0.1, 0.15) is 29.3 Å². The summed E-state index contributed by atoms with van der Waals surface area (Å²) in [7, 11) is 2.00. The number of aliphatic hydroxyl groups excluding tert-OH is 1. The summed E-state index contributed by atoms with van der Waals surface area (Å²) in [5.41, 5.74) is 3.17. The first-order valence-electron chi connectivity index (χ1n) is 8.19. The molecule has 0 radical (unpaired) electrons. The lowest BCUT2D eigenvalue weighted by molar-refractivity contribution is 0.193. The summed E-state index contributed by atoms with van der Waals surface area (Å²) in [6, 6.07) is 2.03. The number of ether oxygens (including phenoxy) is 1. The van der Waals surface area contributed by atoms with Crippen LogP contribution in [0.2, 0.25) is 0 Å². The van der Waals surface area contributed by atoms with Crippen LogP contribution in [0, 0.1) is 6.92 Å². The van der Waals surface area contributed by atoms with Crippen LogP contribution in [-0.4, -0.2) is 58.7 Å². The van der Waals surface area contributed by atoms with Gasteiger partial charge in [-0.15, -0.1) is 0 Å². The Morgan fingerprint density at radius 1 is 1.46 bits per heavy atom. The van der Waals surface area contributed by atoms with Crippen molar-refractivity contribution in [3.8, 4) is 0 Å². The third-order valence-electron chi connectivity index (χ3n) is 4.21. The van der Waals surface area contributed by atoms with Crippen molar-refractivity contribution >= 4 is 11.8 Å². The minimum Gasteiger partial charge on any atom is -0.395 e. The second-order valence-electron chi connectivity index (χ2n) is 6.06. The highest BCUT2D eigenvalue weighted by atomic mass is 16.5. The van der Waals surface area contributed by atoms with E-state index in [0.29, 0.717) is 31.6 Å². The minimum absolute atomic E-state index is 0.0412. The van der Waals surface area contributed by atoms with Crippen LogP contribution in [0.5, 0.6) is 0 Å². The smallest absolute Gasteiger partial charge is 0.224 e. The highest BCUT2D eigenvalue weighted by Gasteiger charge is 2.21. The zero-order chi connectivity index (χ0) is 16.9. The van der Waals surface area contributed by atoms with Crippen molar-refractivity contribution in [3.05, 3.63) is 29.2 Å². The van der Waals surface area contributed by atoms with Crippen molar-refractivity contribution in [2.75, 3.05) is 43.6 Å². The Morgan fingerprint density at radius 3 is 3.00 bits per heavy atom. The maximum absolute atomic E-state index is 9.03. The third kappa shape index (κ3) is 3.82. The summed E-state index contributed by atoms with van der Waals surface area (Å²) in [6.07, 6.45) is 2.81. The molecule has 2 aromatic heterocycles. The number of aromatic amines is 1. The lowest BCUT2D eigenvalue weighted by Gasteiger charge is -2.20. The van der Waals surface area contributed by atoms with Crippen molar-refractivity contribution in [2.24, 2.45) is 0 Å². The van der Waals surface area contributed by atoms with Gasteiger partial charge in [0.1, 0.15) is 5.82 Å². The van der Waals surface area contributed by atoms with Gasteiger partial charge in [-0.2, -0.15) is 10.1 Å². The van der Waals surface area contributed by atoms with E-state index in [2.05, 4.69) is 30.4 Å². The fraction of sp³-hybridized carbons (Fsp3) is 0.562. The number of H-pyrrole nitrogens is 1. The van der Waals surface area contributed by atoms with E-state index in [4.69, 9.17) is 9.84 Å². The first kappa shape index (κ1) is 16.7. The van der Waals surface area contributed by atoms with Crippen LogP contribution >= 0.6 is 0 Å². The summed E-state index contributed by atoms with van der Waals surface area (Å²) < 4.78 is 5.49. The second-order valence-corrected chi connectivity index (χ2v) is 6.06. The van der Waals surface area contributed by atoms with Gasteiger partial charge in [0.2, 0.25) is 5.95 Å². The molecule has 1 aliphatic heterocycles. The molecule has 8 heteroatoms. The molecule has 2 aromatic rings. The molecule has 24 heavy (non-hydrogen) atoms. The van der Waals surface area contributed by atoms with Crippen LogP contribution in [-0.2, 0) is 11.3 Å². The van der Waals surface area contributed by atoms with E-state index in [1.807, 2.05) is 26.2 Å². The van der Waals surface area contributed by atoms with Gasteiger partial charge in [0.05, 0.1) is 25.1 Å². The quantitative estimate of drug-likeness (QED) is 0.697. The highest BCUT2D eigenvalue weighted by molar-refractivity contribution is 5.46. The molecule has 0 aliphatic carbocycles. The Morgan fingerprint density at radius 2 is 2.33 bits per heavy atom. The molecule has 3 heterocycles. The van der Waals surface area contributed by atoms with Crippen molar-refractivity contribution in [1.82, 2.24) is 20.2 Å². The Balaban J connectivity index is 1.84. The van der Waals surface area contributed by atoms with E-state index in [0.717, 1.165) is 35.8 Å². The molecular formula is C16H24N6O2. The van der Waals surface area contributed by atoms with Gasteiger partial charge in [0.15, 0.2) is 0 Å². The number of aromatic nitrogens is 4. The molecular weight excluding hydrogens is 308 g/mol. The zero-order valence-corrected chi connectivity index (χ0v) is 14.1. The molecule has 1 aliphatic rings. The third-order valence-corrected chi connectivity index (χ3v) is 4.21.